The molecule has 142 valence electrons. The highest BCUT2D eigenvalue weighted by molar-refractivity contribution is 6.00. The van der Waals surface area contributed by atoms with Crippen molar-refractivity contribution in [2.45, 2.75) is 33.1 Å². The Morgan fingerprint density at radius 3 is 2.71 bits per heavy atom. The van der Waals surface area contributed by atoms with E-state index in [2.05, 4.69) is 32.7 Å². The first kappa shape index (κ1) is 18.1. The molecule has 28 heavy (non-hydrogen) atoms. The summed E-state index contributed by atoms with van der Waals surface area (Å²) in [5.74, 6) is -0.897. The van der Waals surface area contributed by atoms with Gasteiger partial charge in [-0.3, -0.25) is 9.78 Å². The van der Waals surface area contributed by atoms with Crippen molar-refractivity contribution in [3.05, 3.63) is 76.6 Å². The number of benzene rings is 1. The summed E-state index contributed by atoms with van der Waals surface area (Å²) in [6.07, 6.45) is 7.63. The maximum absolute atomic E-state index is 12.7. The quantitative estimate of drug-likeness (QED) is 0.505. The average molecular weight is 375 g/mol. The van der Waals surface area contributed by atoms with E-state index in [9.17, 15) is 9.59 Å². The number of aryl methyl sites for hydroxylation is 3. The molecule has 0 bridgehead atoms. The van der Waals surface area contributed by atoms with Crippen molar-refractivity contribution in [2.24, 2.45) is 0 Å². The number of aromatic nitrogens is 3. The third-order valence-corrected chi connectivity index (χ3v) is 5.18. The Labute approximate surface area is 163 Å². The topological polar surface area (TPSA) is 74.1 Å². The van der Waals surface area contributed by atoms with Crippen LogP contribution in [0.3, 0.4) is 0 Å². The number of hydrogen-bond acceptors (Lipinski definition) is 5. The van der Waals surface area contributed by atoms with E-state index in [0.717, 1.165) is 29.9 Å². The molecule has 0 saturated carbocycles. The van der Waals surface area contributed by atoms with Crippen molar-refractivity contribution in [3.63, 3.8) is 0 Å². The molecule has 0 saturated heterocycles. The first-order valence-corrected chi connectivity index (χ1v) is 9.32. The van der Waals surface area contributed by atoms with E-state index in [1.54, 1.807) is 0 Å². The van der Waals surface area contributed by atoms with Crippen molar-refractivity contribution < 1.29 is 14.3 Å². The lowest BCUT2D eigenvalue weighted by Gasteiger charge is -2.12. The maximum atomic E-state index is 12.7. The molecular formula is C22H21N3O3. The Hall–Kier alpha value is -3.28. The highest BCUT2D eigenvalue weighted by Gasteiger charge is 2.20. The first-order valence-electron chi connectivity index (χ1n) is 9.32. The van der Waals surface area contributed by atoms with Gasteiger partial charge in [-0.05, 0) is 62.4 Å². The summed E-state index contributed by atoms with van der Waals surface area (Å²) in [7, 11) is 0. The molecule has 1 aromatic carbocycles. The number of carbonyl (C=O) groups is 2. The standard InChI is InChI=1S/C22H21N3O3/c1-14-10-19(21(26)13-28-22(27)20-12-23-8-9-24-20)15(2)25(14)18-7-6-16-4-3-5-17(16)11-18/h6-12H,3-5,13H2,1-2H3. The molecule has 0 spiro atoms. The Bertz CT molecular complexity index is 1050. The van der Waals surface area contributed by atoms with Crippen LogP contribution in [0.15, 0.2) is 42.9 Å². The fourth-order valence-electron chi connectivity index (χ4n) is 3.83. The van der Waals surface area contributed by atoms with Gasteiger partial charge in [-0.25, -0.2) is 9.78 Å². The van der Waals surface area contributed by atoms with Gasteiger partial charge in [0.2, 0.25) is 5.78 Å². The zero-order chi connectivity index (χ0) is 19.7. The molecule has 3 aromatic rings. The van der Waals surface area contributed by atoms with E-state index in [4.69, 9.17) is 4.74 Å². The lowest BCUT2D eigenvalue weighted by Crippen LogP contribution is -2.16. The van der Waals surface area contributed by atoms with Crippen molar-refractivity contribution in [2.75, 3.05) is 6.61 Å². The van der Waals surface area contributed by atoms with Gasteiger partial charge >= 0.3 is 5.97 Å². The van der Waals surface area contributed by atoms with Crippen molar-refractivity contribution in [1.82, 2.24) is 14.5 Å². The molecule has 6 heteroatoms. The number of rotatable bonds is 5. The molecule has 6 nitrogen and oxygen atoms in total. The van der Waals surface area contributed by atoms with Gasteiger partial charge in [-0.1, -0.05) is 6.07 Å². The largest absolute Gasteiger partial charge is 0.453 e. The molecule has 0 atom stereocenters. The smallest absolute Gasteiger partial charge is 0.358 e. The minimum absolute atomic E-state index is 0.0823. The van der Waals surface area contributed by atoms with Crippen molar-refractivity contribution in [3.8, 4) is 5.69 Å². The fourth-order valence-corrected chi connectivity index (χ4v) is 3.83. The van der Waals surface area contributed by atoms with E-state index in [-0.39, 0.29) is 18.1 Å². The van der Waals surface area contributed by atoms with Gasteiger partial charge in [0, 0.05) is 35.0 Å². The van der Waals surface area contributed by atoms with E-state index >= 15 is 0 Å². The minimum Gasteiger partial charge on any atom is -0.453 e. The highest BCUT2D eigenvalue weighted by atomic mass is 16.5. The monoisotopic (exact) mass is 375 g/mol. The number of Topliss-reactive ketones (excluding diaryl/α,β-unsaturated/α-hetero) is 1. The molecule has 0 radical (unpaired) electrons. The molecule has 0 aliphatic heterocycles. The number of hydrogen-bond donors (Lipinski definition) is 0. The van der Waals surface area contributed by atoms with Crippen LogP contribution in [-0.2, 0) is 17.6 Å². The summed E-state index contributed by atoms with van der Waals surface area (Å²) in [6.45, 7) is 3.56. The number of fused-ring (bicyclic) bond motifs is 1. The van der Waals surface area contributed by atoms with Crippen LogP contribution >= 0.6 is 0 Å². The second-order valence-electron chi connectivity index (χ2n) is 7.02. The van der Waals surface area contributed by atoms with Crippen LogP contribution in [0.5, 0.6) is 0 Å². The predicted octanol–water partition coefficient (Wildman–Crippen LogP) is 3.41. The van der Waals surface area contributed by atoms with Gasteiger partial charge in [-0.15, -0.1) is 0 Å². The molecule has 1 aliphatic rings. The van der Waals surface area contributed by atoms with Crippen LogP contribution in [0.25, 0.3) is 5.69 Å². The molecule has 0 fully saturated rings. The molecular weight excluding hydrogens is 354 g/mol. The van der Waals surface area contributed by atoms with Crippen LogP contribution in [0.4, 0.5) is 0 Å². The van der Waals surface area contributed by atoms with Gasteiger partial charge < -0.3 is 9.30 Å². The van der Waals surface area contributed by atoms with Crippen LogP contribution < -0.4 is 0 Å². The lowest BCUT2D eigenvalue weighted by atomic mass is 10.1. The SMILES string of the molecule is Cc1cc(C(=O)COC(=O)c2cnccn2)c(C)n1-c1ccc2c(c1)CCC2. The van der Waals surface area contributed by atoms with E-state index in [1.165, 1.54) is 36.1 Å². The van der Waals surface area contributed by atoms with Crippen LogP contribution in [0.1, 0.15) is 49.8 Å². The van der Waals surface area contributed by atoms with Crippen molar-refractivity contribution >= 4 is 11.8 Å². The molecule has 0 N–H and O–H groups in total. The summed E-state index contributed by atoms with van der Waals surface area (Å²) < 4.78 is 7.19. The van der Waals surface area contributed by atoms with Crippen LogP contribution in [0.2, 0.25) is 0 Å². The Kier molecular flexibility index (Phi) is 4.77. The highest BCUT2D eigenvalue weighted by Crippen LogP contribution is 2.27. The Balaban J connectivity index is 1.54. The zero-order valence-corrected chi connectivity index (χ0v) is 15.9. The third-order valence-electron chi connectivity index (χ3n) is 5.18. The summed E-state index contributed by atoms with van der Waals surface area (Å²) in [5.41, 5.74) is 6.32. The summed E-state index contributed by atoms with van der Waals surface area (Å²) in [6, 6.07) is 8.35. The number of carbonyl (C=O) groups excluding carboxylic acids is 2. The number of esters is 1. The number of nitrogens with zero attached hydrogens (tertiary/aromatic N) is 3. The first-order chi connectivity index (χ1) is 13.5. The molecule has 1 aliphatic carbocycles. The predicted molar refractivity (Wildman–Crippen MR) is 104 cm³/mol. The lowest BCUT2D eigenvalue weighted by molar-refractivity contribution is 0.0468. The number of ether oxygens (including phenoxy) is 1. The van der Waals surface area contributed by atoms with E-state index in [1.807, 2.05) is 19.9 Å². The van der Waals surface area contributed by atoms with Crippen molar-refractivity contribution in [1.29, 1.82) is 0 Å². The van der Waals surface area contributed by atoms with E-state index < -0.39 is 5.97 Å². The average Bonchev–Trinajstić information content (AvgIpc) is 3.29. The summed E-state index contributed by atoms with van der Waals surface area (Å²) in [4.78, 5) is 32.4. The normalized spacial score (nSPS) is 12.6. The summed E-state index contributed by atoms with van der Waals surface area (Å²) >= 11 is 0. The molecule has 2 heterocycles. The molecule has 0 unspecified atom stereocenters. The molecule has 2 aromatic heterocycles. The Morgan fingerprint density at radius 1 is 1.11 bits per heavy atom. The van der Waals surface area contributed by atoms with Gasteiger partial charge in [-0.2, -0.15) is 0 Å². The van der Waals surface area contributed by atoms with E-state index in [0.29, 0.717) is 5.56 Å². The maximum Gasteiger partial charge on any atom is 0.358 e. The van der Waals surface area contributed by atoms with Crippen LogP contribution in [-0.4, -0.2) is 32.9 Å². The molecule has 4 rings (SSSR count). The fraction of sp³-hybridized carbons (Fsp3) is 0.273. The van der Waals surface area contributed by atoms with Gasteiger partial charge in [0.15, 0.2) is 12.3 Å². The van der Waals surface area contributed by atoms with Crippen LogP contribution in [0, 0.1) is 13.8 Å². The minimum atomic E-state index is -0.658. The van der Waals surface area contributed by atoms with Gasteiger partial charge in [0.25, 0.3) is 0 Å². The van der Waals surface area contributed by atoms with Gasteiger partial charge in [0.05, 0.1) is 6.20 Å². The zero-order valence-electron chi connectivity index (χ0n) is 15.9. The second-order valence-corrected chi connectivity index (χ2v) is 7.02. The van der Waals surface area contributed by atoms with Gasteiger partial charge in [0.1, 0.15) is 0 Å². The third kappa shape index (κ3) is 3.33. The Morgan fingerprint density at radius 2 is 1.93 bits per heavy atom. The second kappa shape index (κ2) is 7.38. The summed E-state index contributed by atoms with van der Waals surface area (Å²) in [5, 5.41) is 0. The molecule has 0 amide bonds. The number of ketones is 1.